The molecule has 0 radical (unpaired) electrons. The molecular formula is C19H27N3O2. The number of carbonyl (C=O) groups excluding carboxylic acids is 1. The number of ether oxygens (including phenoxy) is 1. The van der Waals surface area contributed by atoms with Crippen LogP contribution in [0.4, 0.5) is 4.79 Å². The first-order valence-electron chi connectivity index (χ1n) is 9.45. The van der Waals surface area contributed by atoms with Crippen LogP contribution in [0.2, 0.25) is 0 Å². The first-order valence-corrected chi connectivity index (χ1v) is 9.45. The molecule has 3 aliphatic rings. The van der Waals surface area contributed by atoms with Crippen molar-refractivity contribution in [1.82, 2.24) is 15.2 Å². The smallest absolute Gasteiger partial charge is 0.318 e. The van der Waals surface area contributed by atoms with E-state index in [0.29, 0.717) is 18.1 Å². The fraction of sp³-hybridized carbons (Fsp3) is 0.684. The van der Waals surface area contributed by atoms with Crippen LogP contribution in [-0.4, -0.2) is 40.1 Å². The molecule has 2 saturated heterocycles. The molecule has 1 N–H and O–H groups in total. The number of pyridine rings is 1. The highest BCUT2D eigenvalue weighted by atomic mass is 16.5. The molecule has 3 fully saturated rings. The van der Waals surface area contributed by atoms with E-state index in [1.54, 1.807) is 12.4 Å². The Labute approximate surface area is 143 Å². The zero-order valence-electron chi connectivity index (χ0n) is 14.2. The maximum absolute atomic E-state index is 12.8. The Morgan fingerprint density at radius 3 is 2.38 bits per heavy atom. The fourth-order valence-corrected chi connectivity index (χ4v) is 4.66. The number of piperidine rings is 1. The summed E-state index contributed by atoms with van der Waals surface area (Å²) < 4.78 is 6.12. The molecule has 3 heterocycles. The maximum atomic E-state index is 12.8. The van der Waals surface area contributed by atoms with E-state index >= 15 is 0 Å². The summed E-state index contributed by atoms with van der Waals surface area (Å²) in [4.78, 5) is 18.9. The van der Waals surface area contributed by atoms with Gasteiger partial charge >= 0.3 is 6.03 Å². The summed E-state index contributed by atoms with van der Waals surface area (Å²) in [7, 11) is 0. The molecule has 2 atom stereocenters. The third kappa shape index (κ3) is 3.35. The van der Waals surface area contributed by atoms with Crippen molar-refractivity contribution in [2.24, 2.45) is 0 Å². The average Bonchev–Trinajstić information content (AvgIpc) is 2.88. The molecule has 0 aromatic carbocycles. The Bertz CT molecular complexity index is 545. The van der Waals surface area contributed by atoms with Crippen molar-refractivity contribution in [3.8, 4) is 5.75 Å². The lowest BCUT2D eigenvalue weighted by Gasteiger charge is -2.39. The van der Waals surface area contributed by atoms with Crippen LogP contribution < -0.4 is 10.1 Å². The lowest BCUT2D eigenvalue weighted by molar-refractivity contribution is 0.0672. The Morgan fingerprint density at radius 1 is 1.04 bits per heavy atom. The van der Waals surface area contributed by atoms with Gasteiger partial charge in [-0.2, -0.15) is 0 Å². The van der Waals surface area contributed by atoms with Crippen LogP contribution in [0.1, 0.15) is 57.8 Å². The molecular weight excluding hydrogens is 302 g/mol. The van der Waals surface area contributed by atoms with Crippen LogP contribution in [0.15, 0.2) is 24.5 Å². The molecule has 4 rings (SSSR count). The van der Waals surface area contributed by atoms with E-state index in [0.717, 1.165) is 44.3 Å². The van der Waals surface area contributed by atoms with Gasteiger partial charge in [0.25, 0.3) is 0 Å². The number of carbonyl (C=O) groups is 1. The molecule has 1 saturated carbocycles. The van der Waals surface area contributed by atoms with Crippen molar-refractivity contribution in [1.29, 1.82) is 0 Å². The van der Waals surface area contributed by atoms with Gasteiger partial charge in [0.2, 0.25) is 0 Å². The number of urea groups is 1. The van der Waals surface area contributed by atoms with Crippen LogP contribution in [0, 0.1) is 0 Å². The Balaban J connectivity index is 1.35. The summed E-state index contributed by atoms with van der Waals surface area (Å²) in [5, 5.41) is 3.29. The monoisotopic (exact) mass is 329 g/mol. The SMILES string of the molecule is O=C(NC1CCCCC1)N1C2CCC1CC(Oc1ccncc1)C2. The lowest BCUT2D eigenvalue weighted by atomic mass is 9.95. The van der Waals surface area contributed by atoms with Gasteiger partial charge in [0.1, 0.15) is 11.9 Å². The number of hydrogen-bond acceptors (Lipinski definition) is 3. The van der Waals surface area contributed by atoms with Crippen LogP contribution >= 0.6 is 0 Å². The third-order valence-corrected chi connectivity index (χ3v) is 5.81. The average molecular weight is 329 g/mol. The summed E-state index contributed by atoms with van der Waals surface area (Å²) in [5.41, 5.74) is 0. The van der Waals surface area contributed by atoms with Crippen molar-refractivity contribution in [2.75, 3.05) is 0 Å². The number of amides is 2. The predicted octanol–water partition coefficient (Wildman–Crippen LogP) is 3.50. The molecule has 0 spiro atoms. The number of nitrogens with one attached hydrogen (secondary N) is 1. The van der Waals surface area contributed by atoms with Gasteiger partial charge in [0.15, 0.2) is 0 Å². The quantitative estimate of drug-likeness (QED) is 0.923. The van der Waals surface area contributed by atoms with Gasteiger partial charge in [0, 0.05) is 43.4 Å². The standard InChI is InChI=1S/C19H27N3O2/c23-19(21-14-4-2-1-3-5-14)22-15-6-7-16(22)13-18(12-15)24-17-8-10-20-11-9-17/h8-11,14-16,18H,1-7,12-13H2,(H,21,23). The van der Waals surface area contributed by atoms with Crippen LogP contribution in [0.5, 0.6) is 5.75 Å². The summed E-state index contributed by atoms with van der Waals surface area (Å²) in [5.74, 6) is 0.884. The topological polar surface area (TPSA) is 54.5 Å². The fourth-order valence-electron chi connectivity index (χ4n) is 4.66. The van der Waals surface area contributed by atoms with Gasteiger partial charge in [0.05, 0.1) is 0 Å². The van der Waals surface area contributed by atoms with E-state index in [9.17, 15) is 4.79 Å². The van der Waals surface area contributed by atoms with Crippen LogP contribution in [0.25, 0.3) is 0 Å². The van der Waals surface area contributed by atoms with E-state index in [2.05, 4.69) is 15.2 Å². The summed E-state index contributed by atoms with van der Waals surface area (Å²) in [6.45, 7) is 0. The molecule has 2 amide bonds. The largest absolute Gasteiger partial charge is 0.490 e. The number of hydrogen-bond donors (Lipinski definition) is 1. The van der Waals surface area contributed by atoms with Gasteiger partial charge in [-0.1, -0.05) is 19.3 Å². The van der Waals surface area contributed by atoms with Gasteiger partial charge in [-0.05, 0) is 37.8 Å². The normalized spacial score (nSPS) is 30.2. The highest BCUT2D eigenvalue weighted by Crippen LogP contribution is 2.37. The molecule has 24 heavy (non-hydrogen) atoms. The highest BCUT2D eigenvalue weighted by molar-refractivity contribution is 5.75. The van der Waals surface area contributed by atoms with Gasteiger partial charge in [-0.15, -0.1) is 0 Å². The maximum Gasteiger partial charge on any atom is 0.318 e. The van der Waals surface area contributed by atoms with Crippen molar-refractivity contribution >= 4 is 6.03 Å². The van der Waals surface area contributed by atoms with Crippen molar-refractivity contribution in [2.45, 2.75) is 82.0 Å². The van der Waals surface area contributed by atoms with E-state index in [4.69, 9.17) is 4.74 Å². The Hall–Kier alpha value is -1.78. The molecule has 1 aromatic rings. The second-order valence-electron chi connectivity index (χ2n) is 7.47. The molecule has 2 aliphatic heterocycles. The van der Waals surface area contributed by atoms with E-state index in [1.807, 2.05) is 12.1 Å². The number of fused-ring (bicyclic) bond motifs is 2. The molecule has 2 bridgehead atoms. The Kier molecular flexibility index (Phi) is 4.58. The number of nitrogens with zero attached hydrogens (tertiary/aromatic N) is 2. The molecule has 1 aliphatic carbocycles. The van der Waals surface area contributed by atoms with Crippen molar-refractivity contribution in [3.05, 3.63) is 24.5 Å². The molecule has 5 nitrogen and oxygen atoms in total. The molecule has 5 heteroatoms. The third-order valence-electron chi connectivity index (χ3n) is 5.81. The predicted molar refractivity (Wildman–Crippen MR) is 91.9 cm³/mol. The minimum Gasteiger partial charge on any atom is -0.490 e. The van der Waals surface area contributed by atoms with Crippen LogP contribution in [0.3, 0.4) is 0 Å². The first-order chi connectivity index (χ1) is 11.8. The van der Waals surface area contributed by atoms with Gasteiger partial charge in [-0.3, -0.25) is 4.98 Å². The van der Waals surface area contributed by atoms with E-state index in [-0.39, 0.29) is 12.1 Å². The van der Waals surface area contributed by atoms with Gasteiger partial charge < -0.3 is 15.0 Å². The number of aromatic nitrogens is 1. The lowest BCUT2D eigenvalue weighted by Crippen LogP contribution is -2.54. The summed E-state index contributed by atoms with van der Waals surface area (Å²) in [6, 6.07) is 5.03. The summed E-state index contributed by atoms with van der Waals surface area (Å²) >= 11 is 0. The zero-order chi connectivity index (χ0) is 16.4. The van der Waals surface area contributed by atoms with Crippen LogP contribution in [-0.2, 0) is 0 Å². The van der Waals surface area contributed by atoms with Crippen molar-refractivity contribution < 1.29 is 9.53 Å². The van der Waals surface area contributed by atoms with E-state index < -0.39 is 0 Å². The summed E-state index contributed by atoms with van der Waals surface area (Å²) in [6.07, 6.45) is 13.9. The Morgan fingerprint density at radius 2 is 1.71 bits per heavy atom. The van der Waals surface area contributed by atoms with E-state index in [1.165, 1.54) is 19.3 Å². The highest BCUT2D eigenvalue weighted by Gasteiger charge is 2.44. The molecule has 130 valence electrons. The zero-order valence-corrected chi connectivity index (χ0v) is 14.2. The minimum absolute atomic E-state index is 0.164. The first kappa shape index (κ1) is 15.7. The molecule has 2 unspecified atom stereocenters. The molecule has 1 aromatic heterocycles. The minimum atomic E-state index is 0.164. The van der Waals surface area contributed by atoms with Gasteiger partial charge in [-0.25, -0.2) is 4.79 Å². The second-order valence-corrected chi connectivity index (χ2v) is 7.47. The second kappa shape index (κ2) is 6.99. The van der Waals surface area contributed by atoms with Crippen molar-refractivity contribution in [3.63, 3.8) is 0 Å². The number of rotatable bonds is 3.